The number of alkyl halides is 5. The zero-order chi connectivity index (χ0) is 18.9. The summed E-state index contributed by atoms with van der Waals surface area (Å²) >= 11 is 0. The second-order valence-electron chi connectivity index (χ2n) is 5.55. The van der Waals surface area contributed by atoms with E-state index in [1.807, 2.05) is 17.9 Å². The number of piperazine rings is 1. The van der Waals surface area contributed by atoms with Gasteiger partial charge in [0, 0.05) is 43.9 Å². The molecule has 2 heterocycles. The van der Waals surface area contributed by atoms with Gasteiger partial charge in [0.2, 0.25) is 10.0 Å². The van der Waals surface area contributed by atoms with Gasteiger partial charge < -0.3 is 4.90 Å². The molecular weight excluding hydrogens is 369 g/mol. The summed E-state index contributed by atoms with van der Waals surface area (Å²) in [4.78, 5) is 5.98. The molecule has 0 radical (unpaired) electrons. The van der Waals surface area contributed by atoms with Crippen LogP contribution in [0.3, 0.4) is 0 Å². The Kier molecular flexibility index (Phi) is 5.38. The summed E-state index contributed by atoms with van der Waals surface area (Å²) in [5, 5.41) is -0.0823. The fourth-order valence-corrected chi connectivity index (χ4v) is 3.40. The molecule has 1 fully saturated rings. The van der Waals surface area contributed by atoms with E-state index in [0.717, 1.165) is 9.87 Å². The van der Waals surface area contributed by atoms with Gasteiger partial charge >= 0.3 is 12.1 Å². The van der Waals surface area contributed by atoms with E-state index in [1.54, 1.807) is 12.3 Å². The van der Waals surface area contributed by atoms with Crippen molar-refractivity contribution >= 4 is 15.8 Å². The summed E-state index contributed by atoms with van der Waals surface area (Å²) in [5.74, 6) is -4.55. The van der Waals surface area contributed by atoms with Crippen LogP contribution in [0.2, 0.25) is 0 Å². The second kappa shape index (κ2) is 6.87. The number of aromatic nitrogens is 1. The lowest BCUT2D eigenvalue weighted by atomic mass is 10.2. The van der Waals surface area contributed by atoms with Crippen molar-refractivity contribution in [3.05, 3.63) is 35.4 Å². The van der Waals surface area contributed by atoms with E-state index in [4.69, 9.17) is 0 Å². The number of allylic oxidation sites excluding steroid dienone is 1. The quantitative estimate of drug-likeness (QED) is 0.748. The number of rotatable bonds is 4. The van der Waals surface area contributed by atoms with Crippen molar-refractivity contribution in [3.8, 4) is 0 Å². The van der Waals surface area contributed by atoms with Crippen LogP contribution in [-0.2, 0) is 10.0 Å². The Labute approximate surface area is 141 Å². The number of aryl methyl sites for hydroxylation is 1. The normalized spacial score (nSPS) is 18.1. The molecule has 140 valence electrons. The van der Waals surface area contributed by atoms with Crippen LogP contribution >= 0.6 is 0 Å². The van der Waals surface area contributed by atoms with Crippen molar-refractivity contribution in [2.75, 3.05) is 31.1 Å². The minimum Gasteiger partial charge on any atom is -0.354 e. The molecular formula is C14H16F5N3O2S. The van der Waals surface area contributed by atoms with Gasteiger partial charge in [0.25, 0.3) is 0 Å². The molecule has 5 nitrogen and oxygen atoms in total. The highest BCUT2D eigenvalue weighted by molar-refractivity contribution is 7.92. The third kappa shape index (κ3) is 4.66. The van der Waals surface area contributed by atoms with Crippen LogP contribution in [0.4, 0.5) is 27.8 Å². The molecule has 1 aromatic rings. The molecule has 0 unspecified atom stereocenters. The fourth-order valence-electron chi connectivity index (χ4n) is 2.22. The van der Waals surface area contributed by atoms with E-state index in [0.29, 0.717) is 5.82 Å². The molecule has 0 atom stereocenters. The molecule has 0 saturated carbocycles. The van der Waals surface area contributed by atoms with Gasteiger partial charge in [-0.1, -0.05) is 0 Å². The third-order valence-corrected chi connectivity index (χ3v) is 5.22. The zero-order valence-electron chi connectivity index (χ0n) is 13.2. The van der Waals surface area contributed by atoms with Crippen LogP contribution < -0.4 is 4.90 Å². The molecule has 2 rings (SSSR count). The maximum absolute atomic E-state index is 12.8. The molecule has 0 N–H and O–H groups in total. The van der Waals surface area contributed by atoms with Crippen LogP contribution in [0, 0.1) is 6.92 Å². The maximum atomic E-state index is 12.8. The van der Waals surface area contributed by atoms with E-state index >= 15 is 0 Å². The number of hydrogen-bond donors (Lipinski definition) is 0. The molecule has 0 bridgehead atoms. The Morgan fingerprint density at radius 3 is 2.24 bits per heavy atom. The smallest absolute Gasteiger partial charge is 0.354 e. The lowest BCUT2D eigenvalue weighted by Gasteiger charge is -2.34. The average molecular weight is 385 g/mol. The van der Waals surface area contributed by atoms with Gasteiger partial charge in [-0.3, -0.25) is 0 Å². The van der Waals surface area contributed by atoms with E-state index in [-0.39, 0.29) is 31.6 Å². The van der Waals surface area contributed by atoms with Gasteiger partial charge in [0.15, 0.2) is 0 Å². The molecule has 1 aliphatic rings. The minimum absolute atomic E-state index is 0.0418. The van der Waals surface area contributed by atoms with Gasteiger partial charge in [-0.25, -0.2) is 13.4 Å². The lowest BCUT2D eigenvalue weighted by molar-refractivity contribution is -0.259. The first-order valence-electron chi connectivity index (χ1n) is 7.24. The predicted molar refractivity (Wildman–Crippen MR) is 81.8 cm³/mol. The second-order valence-corrected chi connectivity index (χ2v) is 7.36. The SMILES string of the molecule is Cc1ccnc(N2CCN(S(=O)(=O)/C=C/C(F)(F)C(F)(F)F)CC2)c1. The monoisotopic (exact) mass is 385 g/mol. The highest BCUT2D eigenvalue weighted by atomic mass is 32.2. The van der Waals surface area contributed by atoms with Crippen molar-refractivity contribution in [2.45, 2.75) is 19.0 Å². The van der Waals surface area contributed by atoms with Crippen molar-refractivity contribution in [1.82, 2.24) is 9.29 Å². The average Bonchev–Trinajstić information content (AvgIpc) is 2.52. The first kappa shape index (κ1) is 19.6. The van der Waals surface area contributed by atoms with Crippen LogP contribution in [-0.4, -0.2) is 56.0 Å². The summed E-state index contributed by atoms with van der Waals surface area (Å²) in [6.45, 7) is 2.29. The van der Waals surface area contributed by atoms with Gasteiger partial charge in [-0.15, -0.1) is 0 Å². The van der Waals surface area contributed by atoms with Gasteiger partial charge in [-0.05, 0) is 24.6 Å². The number of halogens is 5. The Balaban J connectivity index is 2.04. The van der Waals surface area contributed by atoms with Crippen LogP contribution in [0.25, 0.3) is 0 Å². The van der Waals surface area contributed by atoms with Crippen LogP contribution in [0.15, 0.2) is 29.8 Å². The number of anilines is 1. The van der Waals surface area contributed by atoms with E-state index < -0.39 is 28.2 Å². The zero-order valence-corrected chi connectivity index (χ0v) is 14.0. The first-order valence-corrected chi connectivity index (χ1v) is 8.74. The minimum atomic E-state index is -5.84. The number of nitrogens with zero attached hydrogens (tertiary/aromatic N) is 3. The third-order valence-electron chi connectivity index (χ3n) is 3.65. The summed E-state index contributed by atoms with van der Waals surface area (Å²) in [5.41, 5.74) is 0.970. The van der Waals surface area contributed by atoms with Crippen LogP contribution in [0.5, 0.6) is 0 Å². The topological polar surface area (TPSA) is 53.5 Å². The summed E-state index contributed by atoms with van der Waals surface area (Å²) < 4.78 is 86.8. The number of hydrogen-bond acceptors (Lipinski definition) is 4. The molecule has 1 aliphatic heterocycles. The molecule has 11 heteroatoms. The Hall–Kier alpha value is -1.75. The Bertz CT molecular complexity index is 741. The van der Waals surface area contributed by atoms with Crippen molar-refractivity contribution < 1.29 is 30.4 Å². The largest absolute Gasteiger partial charge is 0.457 e. The molecule has 0 spiro atoms. The van der Waals surface area contributed by atoms with Crippen molar-refractivity contribution in [1.29, 1.82) is 0 Å². The molecule has 0 aliphatic carbocycles. The standard InChI is InChI=1S/C14H16F5N3O2S/c1-11-2-4-20-12(10-11)21-5-7-22(8-6-21)25(23,24)9-3-13(15,16)14(17,18)19/h2-4,9-10H,5-8H2,1H3/b9-3+. The Morgan fingerprint density at radius 2 is 1.72 bits per heavy atom. The van der Waals surface area contributed by atoms with Crippen molar-refractivity contribution in [3.63, 3.8) is 0 Å². The van der Waals surface area contributed by atoms with E-state index in [1.165, 1.54) is 0 Å². The van der Waals surface area contributed by atoms with Gasteiger partial charge in [-0.2, -0.15) is 26.3 Å². The summed E-state index contributed by atoms with van der Waals surface area (Å²) in [6.07, 6.45) is -4.86. The van der Waals surface area contributed by atoms with E-state index in [2.05, 4.69) is 4.98 Å². The van der Waals surface area contributed by atoms with Gasteiger partial charge in [0.05, 0.1) is 0 Å². The Morgan fingerprint density at radius 1 is 1.12 bits per heavy atom. The highest BCUT2D eigenvalue weighted by Gasteiger charge is 2.55. The van der Waals surface area contributed by atoms with Crippen molar-refractivity contribution in [2.24, 2.45) is 0 Å². The molecule has 0 amide bonds. The summed E-state index contributed by atoms with van der Waals surface area (Å²) in [7, 11) is -4.36. The molecule has 1 aromatic heterocycles. The first-order chi connectivity index (χ1) is 11.4. The maximum Gasteiger partial charge on any atom is 0.457 e. The van der Waals surface area contributed by atoms with Gasteiger partial charge in [0.1, 0.15) is 5.82 Å². The highest BCUT2D eigenvalue weighted by Crippen LogP contribution is 2.36. The number of pyridine rings is 1. The fraction of sp³-hybridized carbons (Fsp3) is 0.500. The molecule has 0 aromatic carbocycles. The lowest BCUT2D eigenvalue weighted by Crippen LogP contribution is -2.48. The molecule has 1 saturated heterocycles. The van der Waals surface area contributed by atoms with Crippen LogP contribution in [0.1, 0.15) is 5.56 Å². The number of sulfonamides is 1. The van der Waals surface area contributed by atoms with E-state index in [9.17, 15) is 30.4 Å². The predicted octanol–water partition coefficient (Wildman–Crippen LogP) is 2.55. The molecule has 25 heavy (non-hydrogen) atoms. The summed E-state index contributed by atoms with van der Waals surface area (Å²) in [6, 6.07) is 3.61.